The van der Waals surface area contributed by atoms with Crippen molar-refractivity contribution in [2.24, 2.45) is 0 Å². The summed E-state index contributed by atoms with van der Waals surface area (Å²) in [5.74, 6) is -1.25. The number of benzene rings is 2. The van der Waals surface area contributed by atoms with Crippen LogP contribution in [0.4, 0.5) is 17.1 Å². The molecule has 0 fully saturated rings. The Kier molecular flexibility index (Phi) is 7.63. The van der Waals surface area contributed by atoms with Crippen LogP contribution in [-0.4, -0.2) is 44.9 Å². The van der Waals surface area contributed by atoms with Crippen molar-refractivity contribution < 1.29 is 24.2 Å². The van der Waals surface area contributed by atoms with Gasteiger partial charge in [-0.05, 0) is 50.7 Å². The van der Waals surface area contributed by atoms with E-state index in [1.165, 1.54) is 0 Å². The topological polar surface area (TPSA) is 157 Å². The van der Waals surface area contributed by atoms with Gasteiger partial charge in [0.1, 0.15) is 0 Å². The number of anilines is 1. The van der Waals surface area contributed by atoms with Gasteiger partial charge in [-0.25, -0.2) is 4.79 Å². The second kappa shape index (κ2) is 10.5. The fraction of sp³-hybridized carbons (Fsp3) is 0.261. The zero-order valence-corrected chi connectivity index (χ0v) is 20.6. The summed E-state index contributed by atoms with van der Waals surface area (Å²) in [6, 6.07) is 8.60. The molecule has 1 heterocycles. The van der Waals surface area contributed by atoms with Crippen LogP contribution in [0.1, 0.15) is 42.7 Å². The molecule has 36 heavy (non-hydrogen) atoms. The fourth-order valence-electron chi connectivity index (χ4n) is 3.53. The SMILES string of the molecule is CC1=C(C(=O)OC(C)C)C(c2ccc(NC(=O)c3cc([N+](=O)[O-])cc([N+](=O)[O-])c3)cc2)NC(=S)N1C. The van der Waals surface area contributed by atoms with Crippen LogP contribution in [-0.2, 0) is 9.53 Å². The van der Waals surface area contributed by atoms with Crippen LogP contribution in [0.2, 0.25) is 0 Å². The molecule has 0 saturated carbocycles. The minimum absolute atomic E-state index is 0.236. The Balaban J connectivity index is 1.87. The number of amides is 1. The highest BCUT2D eigenvalue weighted by atomic mass is 32.1. The number of nitrogens with zero attached hydrogens (tertiary/aromatic N) is 3. The molecule has 2 aromatic rings. The molecule has 1 aliphatic rings. The maximum absolute atomic E-state index is 12.8. The quantitative estimate of drug-likeness (QED) is 0.241. The first-order valence-corrected chi connectivity index (χ1v) is 11.1. The second-order valence-corrected chi connectivity index (χ2v) is 8.61. The summed E-state index contributed by atoms with van der Waals surface area (Å²) >= 11 is 5.38. The van der Waals surface area contributed by atoms with E-state index in [0.717, 1.165) is 18.2 Å². The summed E-state index contributed by atoms with van der Waals surface area (Å²) in [5, 5.41) is 28.3. The van der Waals surface area contributed by atoms with E-state index in [9.17, 15) is 29.8 Å². The lowest BCUT2D eigenvalue weighted by Crippen LogP contribution is -2.46. The number of non-ortho nitro benzene ring substituents is 2. The van der Waals surface area contributed by atoms with Gasteiger partial charge in [-0.15, -0.1) is 0 Å². The lowest BCUT2D eigenvalue weighted by Gasteiger charge is -2.35. The summed E-state index contributed by atoms with van der Waals surface area (Å²) in [5.41, 5.74) is 0.651. The van der Waals surface area contributed by atoms with E-state index in [2.05, 4.69) is 10.6 Å². The first kappa shape index (κ1) is 26.2. The zero-order valence-electron chi connectivity index (χ0n) is 19.8. The predicted molar refractivity (Wildman–Crippen MR) is 134 cm³/mol. The van der Waals surface area contributed by atoms with Crippen molar-refractivity contribution in [2.75, 3.05) is 12.4 Å². The molecule has 0 radical (unpaired) electrons. The number of nitro groups is 2. The molecule has 1 amide bonds. The maximum Gasteiger partial charge on any atom is 0.338 e. The van der Waals surface area contributed by atoms with Crippen molar-refractivity contribution >= 4 is 46.3 Å². The van der Waals surface area contributed by atoms with Crippen molar-refractivity contribution in [1.82, 2.24) is 10.2 Å². The van der Waals surface area contributed by atoms with Gasteiger partial charge in [0, 0.05) is 30.6 Å². The molecule has 0 spiro atoms. The highest BCUT2D eigenvalue weighted by molar-refractivity contribution is 7.80. The van der Waals surface area contributed by atoms with E-state index in [4.69, 9.17) is 17.0 Å². The van der Waals surface area contributed by atoms with Gasteiger partial charge in [-0.2, -0.15) is 0 Å². The number of nitrogens with one attached hydrogen (secondary N) is 2. The molecule has 0 aromatic heterocycles. The number of esters is 1. The second-order valence-electron chi connectivity index (χ2n) is 8.22. The number of thiocarbonyl (C=S) groups is 1. The summed E-state index contributed by atoms with van der Waals surface area (Å²) in [7, 11) is 1.74. The van der Waals surface area contributed by atoms with Crippen LogP contribution in [0.3, 0.4) is 0 Å². The number of carbonyl (C=O) groups is 2. The number of rotatable bonds is 7. The number of hydrogen-bond acceptors (Lipinski definition) is 8. The molecule has 3 rings (SSSR count). The van der Waals surface area contributed by atoms with Gasteiger partial charge in [0.2, 0.25) is 0 Å². The average Bonchev–Trinajstić information content (AvgIpc) is 2.81. The number of hydrogen-bond donors (Lipinski definition) is 2. The normalized spacial score (nSPS) is 15.4. The average molecular weight is 514 g/mol. The smallest absolute Gasteiger partial charge is 0.338 e. The first-order valence-electron chi connectivity index (χ1n) is 10.7. The highest BCUT2D eigenvalue weighted by Gasteiger charge is 2.33. The van der Waals surface area contributed by atoms with E-state index in [0.29, 0.717) is 27.6 Å². The molecular formula is C23H23N5O7S. The van der Waals surface area contributed by atoms with Gasteiger partial charge in [-0.1, -0.05) is 12.1 Å². The van der Waals surface area contributed by atoms with Crippen molar-refractivity contribution in [3.05, 3.63) is 85.1 Å². The Labute approximate surface area is 211 Å². The van der Waals surface area contributed by atoms with E-state index < -0.39 is 39.1 Å². The van der Waals surface area contributed by atoms with Crippen molar-refractivity contribution in [2.45, 2.75) is 32.9 Å². The minimum atomic E-state index is -0.811. The Morgan fingerprint density at radius 2 is 1.64 bits per heavy atom. The van der Waals surface area contributed by atoms with Gasteiger partial charge in [-0.3, -0.25) is 25.0 Å². The Morgan fingerprint density at radius 3 is 2.14 bits per heavy atom. The van der Waals surface area contributed by atoms with E-state index in [1.807, 2.05) is 0 Å². The Hall–Kier alpha value is -4.39. The van der Waals surface area contributed by atoms with E-state index in [1.54, 1.807) is 57.0 Å². The zero-order chi connectivity index (χ0) is 26.7. The lowest BCUT2D eigenvalue weighted by molar-refractivity contribution is -0.394. The lowest BCUT2D eigenvalue weighted by atomic mass is 9.95. The summed E-state index contributed by atoms with van der Waals surface area (Å²) in [4.78, 5) is 47.7. The van der Waals surface area contributed by atoms with E-state index in [-0.39, 0.29) is 11.7 Å². The first-order chi connectivity index (χ1) is 16.9. The third kappa shape index (κ3) is 5.63. The molecule has 188 valence electrons. The monoisotopic (exact) mass is 513 g/mol. The van der Waals surface area contributed by atoms with Crippen LogP contribution in [0, 0.1) is 20.2 Å². The standard InChI is InChI=1S/C23H23N5O7S/c1-12(2)35-22(30)19-13(3)26(4)23(36)25-20(19)14-5-7-16(8-6-14)24-21(29)15-9-17(27(31)32)11-18(10-15)28(33)34/h5-12,20H,1-4H3,(H,24,29)(H,25,36). The van der Waals surface area contributed by atoms with E-state index >= 15 is 0 Å². The minimum Gasteiger partial charge on any atom is -0.459 e. The van der Waals surface area contributed by atoms with Gasteiger partial charge < -0.3 is 20.3 Å². The molecule has 12 nitrogen and oxygen atoms in total. The number of carbonyl (C=O) groups excluding carboxylic acids is 2. The Bertz CT molecular complexity index is 1260. The largest absolute Gasteiger partial charge is 0.459 e. The molecule has 1 unspecified atom stereocenters. The summed E-state index contributed by atoms with van der Waals surface area (Å²) < 4.78 is 5.41. The molecule has 1 aliphatic heterocycles. The molecular weight excluding hydrogens is 490 g/mol. The maximum atomic E-state index is 12.8. The van der Waals surface area contributed by atoms with Crippen LogP contribution in [0.25, 0.3) is 0 Å². The van der Waals surface area contributed by atoms with Crippen LogP contribution in [0.5, 0.6) is 0 Å². The van der Waals surface area contributed by atoms with Gasteiger partial charge >= 0.3 is 5.97 Å². The van der Waals surface area contributed by atoms with Gasteiger partial charge in [0.05, 0.1) is 39.2 Å². The highest BCUT2D eigenvalue weighted by Crippen LogP contribution is 2.32. The number of nitro benzene ring substituents is 2. The van der Waals surface area contributed by atoms with Gasteiger partial charge in [0.25, 0.3) is 17.3 Å². The van der Waals surface area contributed by atoms with Crippen molar-refractivity contribution in [3.63, 3.8) is 0 Å². The Morgan fingerprint density at radius 1 is 1.08 bits per heavy atom. The van der Waals surface area contributed by atoms with Crippen molar-refractivity contribution in [3.8, 4) is 0 Å². The summed E-state index contributed by atoms with van der Waals surface area (Å²) in [6.07, 6.45) is -0.320. The molecule has 1 atom stereocenters. The van der Waals surface area contributed by atoms with Crippen LogP contribution >= 0.6 is 12.2 Å². The van der Waals surface area contributed by atoms with Crippen LogP contribution < -0.4 is 10.6 Å². The number of ether oxygens (including phenoxy) is 1. The molecule has 0 aliphatic carbocycles. The van der Waals surface area contributed by atoms with Gasteiger partial charge in [0.15, 0.2) is 5.11 Å². The third-order valence-electron chi connectivity index (χ3n) is 5.40. The third-order valence-corrected chi connectivity index (χ3v) is 5.80. The number of allylic oxidation sites excluding steroid dienone is 1. The molecule has 0 bridgehead atoms. The van der Waals surface area contributed by atoms with Crippen molar-refractivity contribution in [1.29, 1.82) is 0 Å². The molecule has 2 aromatic carbocycles. The molecule has 0 saturated heterocycles. The molecule has 2 N–H and O–H groups in total. The molecule has 13 heteroatoms. The summed E-state index contributed by atoms with van der Waals surface area (Å²) in [6.45, 7) is 5.27. The predicted octanol–water partition coefficient (Wildman–Crippen LogP) is 3.84. The fourth-order valence-corrected chi connectivity index (χ4v) is 3.78. The van der Waals surface area contributed by atoms with Crippen LogP contribution in [0.15, 0.2) is 53.7 Å².